The molecule has 0 amide bonds. The van der Waals surface area contributed by atoms with E-state index in [1.807, 2.05) is 12.1 Å². The first-order valence-corrected chi connectivity index (χ1v) is 7.12. The van der Waals surface area contributed by atoms with Gasteiger partial charge in [-0.3, -0.25) is 0 Å². The van der Waals surface area contributed by atoms with Crippen LogP contribution in [-0.2, 0) is 6.42 Å². The first-order chi connectivity index (χ1) is 10.5. The summed E-state index contributed by atoms with van der Waals surface area (Å²) in [6.45, 7) is 4.62. The second kappa shape index (κ2) is 5.61. The fraction of sp³-hybridized carbons (Fsp3) is 0.267. The molecule has 0 radical (unpaired) electrons. The molecular weight excluding hydrogens is 278 g/mol. The van der Waals surface area contributed by atoms with E-state index in [1.165, 1.54) is 11.1 Å². The lowest BCUT2D eigenvalue weighted by Gasteiger charge is -2.04. The summed E-state index contributed by atoms with van der Waals surface area (Å²) >= 11 is 0. The Labute approximate surface area is 128 Å². The van der Waals surface area contributed by atoms with Crippen molar-refractivity contribution in [2.75, 3.05) is 17.6 Å². The van der Waals surface area contributed by atoms with Crippen molar-refractivity contribution in [3.8, 4) is 0 Å². The minimum atomic E-state index is 0.354. The van der Waals surface area contributed by atoms with Crippen LogP contribution in [0.3, 0.4) is 0 Å². The summed E-state index contributed by atoms with van der Waals surface area (Å²) in [6.07, 6.45) is 2.46. The largest absolute Gasteiger partial charge is 0.381 e. The molecule has 0 spiro atoms. The lowest BCUT2D eigenvalue weighted by Crippen LogP contribution is -2.08. The second-order valence-corrected chi connectivity index (χ2v) is 5.36. The van der Waals surface area contributed by atoms with Gasteiger partial charge in [0, 0.05) is 12.1 Å². The predicted molar refractivity (Wildman–Crippen MR) is 87.2 cm³/mol. The van der Waals surface area contributed by atoms with Gasteiger partial charge in [0.2, 0.25) is 5.95 Å². The lowest BCUT2D eigenvalue weighted by atomic mass is 10.1. The smallest absolute Gasteiger partial charge is 0.247 e. The number of hydrogen-bond donors (Lipinski definition) is 3. The van der Waals surface area contributed by atoms with E-state index >= 15 is 0 Å². The van der Waals surface area contributed by atoms with Gasteiger partial charge in [-0.2, -0.15) is 4.98 Å². The van der Waals surface area contributed by atoms with Crippen molar-refractivity contribution in [2.24, 2.45) is 5.73 Å². The molecule has 2 heterocycles. The number of aryl methyl sites for hydroxylation is 2. The summed E-state index contributed by atoms with van der Waals surface area (Å²) in [5.74, 6) is 0.843. The highest BCUT2D eigenvalue weighted by Crippen LogP contribution is 2.19. The molecule has 0 aliphatic heterocycles. The van der Waals surface area contributed by atoms with Gasteiger partial charge in [-0.1, -0.05) is 6.07 Å². The number of benzene rings is 1. The first kappa shape index (κ1) is 14.3. The van der Waals surface area contributed by atoms with Crippen molar-refractivity contribution < 1.29 is 0 Å². The molecule has 0 saturated heterocycles. The summed E-state index contributed by atoms with van der Waals surface area (Å²) < 4.78 is 1.64. The third-order valence-electron chi connectivity index (χ3n) is 3.27. The molecule has 0 bridgehead atoms. The highest BCUT2D eigenvalue weighted by Gasteiger charge is 2.10. The zero-order valence-corrected chi connectivity index (χ0v) is 12.7. The Bertz CT molecular complexity index is 802. The molecule has 0 atom stereocenters. The van der Waals surface area contributed by atoms with Crippen LogP contribution in [0.15, 0.2) is 24.4 Å². The van der Waals surface area contributed by atoms with Gasteiger partial charge in [0.15, 0.2) is 11.5 Å². The summed E-state index contributed by atoms with van der Waals surface area (Å²) in [7, 11) is 0. The van der Waals surface area contributed by atoms with Gasteiger partial charge in [-0.05, 0) is 43.7 Å². The molecule has 1 aromatic carbocycles. The molecule has 0 aliphatic carbocycles. The van der Waals surface area contributed by atoms with Gasteiger partial charge >= 0.3 is 0 Å². The maximum Gasteiger partial charge on any atom is 0.247 e. The fourth-order valence-corrected chi connectivity index (χ4v) is 2.46. The Morgan fingerprint density at radius 2 is 1.86 bits per heavy atom. The van der Waals surface area contributed by atoms with Crippen molar-refractivity contribution in [3.63, 3.8) is 0 Å². The number of rotatable bonds is 4. The Kier molecular flexibility index (Phi) is 3.64. The van der Waals surface area contributed by atoms with E-state index in [0.29, 0.717) is 30.4 Å². The molecule has 3 rings (SSSR count). The van der Waals surface area contributed by atoms with Crippen LogP contribution in [0.5, 0.6) is 0 Å². The Morgan fingerprint density at radius 3 is 2.55 bits per heavy atom. The Morgan fingerprint density at radius 1 is 1.14 bits per heavy atom. The van der Waals surface area contributed by atoms with E-state index in [9.17, 15) is 0 Å². The molecule has 114 valence electrons. The highest BCUT2D eigenvalue weighted by molar-refractivity contribution is 5.64. The molecule has 2 aromatic heterocycles. The zero-order valence-electron chi connectivity index (χ0n) is 12.7. The van der Waals surface area contributed by atoms with Gasteiger partial charge in [0.25, 0.3) is 0 Å². The first-order valence-electron chi connectivity index (χ1n) is 7.12. The van der Waals surface area contributed by atoms with Gasteiger partial charge in [-0.25, -0.2) is 9.50 Å². The van der Waals surface area contributed by atoms with Crippen LogP contribution in [0.1, 0.15) is 16.8 Å². The monoisotopic (exact) mass is 297 g/mol. The minimum absolute atomic E-state index is 0.354. The number of aromatic nitrogens is 4. The number of fused-ring (bicyclic) bond motifs is 1. The maximum absolute atomic E-state index is 5.94. The third kappa shape index (κ3) is 2.84. The van der Waals surface area contributed by atoms with Crippen LogP contribution in [-0.4, -0.2) is 26.1 Å². The van der Waals surface area contributed by atoms with E-state index in [1.54, 1.807) is 10.7 Å². The molecule has 3 aromatic rings. The summed E-state index contributed by atoms with van der Waals surface area (Å²) in [5, 5.41) is 7.61. The molecule has 22 heavy (non-hydrogen) atoms. The summed E-state index contributed by atoms with van der Waals surface area (Å²) in [6, 6.07) is 6.20. The quantitative estimate of drug-likeness (QED) is 0.674. The molecule has 0 aliphatic rings. The maximum atomic E-state index is 5.94. The SMILES string of the molecule is Cc1cc(C)cc(Nc2nc3c(N)nc(CCN)cn3n2)c1. The van der Waals surface area contributed by atoms with Crippen LogP contribution < -0.4 is 16.8 Å². The van der Waals surface area contributed by atoms with Crippen molar-refractivity contribution in [2.45, 2.75) is 20.3 Å². The van der Waals surface area contributed by atoms with Crippen LogP contribution in [0, 0.1) is 13.8 Å². The molecule has 0 unspecified atom stereocenters. The summed E-state index contributed by atoms with van der Waals surface area (Å²) in [5.41, 5.74) is 16.1. The standard InChI is InChI=1S/C15H19N7/c1-9-5-10(2)7-12(6-9)19-15-20-14-13(17)18-11(3-4-16)8-22(14)21-15/h5-8H,3-4,16H2,1-2H3,(H2,17,18)(H,19,21). The van der Waals surface area contributed by atoms with E-state index < -0.39 is 0 Å². The average Bonchev–Trinajstić information content (AvgIpc) is 2.81. The number of nitrogens with zero attached hydrogens (tertiary/aromatic N) is 4. The van der Waals surface area contributed by atoms with Crippen LogP contribution in [0.25, 0.3) is 5.65 Å². The predicted octanol–water partition coefficient (Wildman–Crippen LogP) is 1.57. The molecule has 0 saturated carbocycles. The molecule has 5 N–H and O–H groups in total. The molecule has 7 heteroatoms. The van der Waals surface area contributed by atoms with Crippen LogP contribution in [0.2, 0.25) is 0 Å². The van der Waals surface area contributed by atoms with Crippen molar-refractivity contribution >= 4 is 23.1 Å². The van der Waals surface area contributed by atoms with Gasteiger partial charge in [0.1, 0.15) is 0 Å². The van der Waals surface area contributed by atoms with Crippen molar-refractivity contribution in [1.82, 2.24) is 19.6 Å². The molecule has 7 nitrogen and oxygen atoms in total. The highest BCUT2D eigenvalue weighted by atomic mass is 15.4. The Hall–Kier alpha value is -2.67. The number of hydrogen-bond acceptors (Lipinski definition) is 6. The van der Waals surface area contributed by atoms with Crippen molar-refractivity contribution in [3.05, 3.63) is 41.2 Å². The van der Waals surface area contributed by atoms with Gasteiger partial charge in [0.05, 0.1) is 11.9 Å². The lowest BCUT2D eigenvalue weighted by molar-refractivity contribution is 0.870. The van der Waals surface area contributed by atoms with Gasteiger partial charge in [-0.15, -0.1) is 5.10 Å². The normalized spacial score (nSPS) is 11.0. The van der Waals surface area contributed by atoms with E-state index in [0.717, 1.165) is 11.4 Å². The number of anilines is 3. The fourth-order valence-electron chi connectivity index (χ4n) is 2.46. The summed E-state index contributed by atoms with van der Waals surface area (Å²) in [4.78, 5) is 8.68. The number of nitrogen functional groups attached to an aromatic ring is 1. The van der Waals surface area contributed by atoms with Crippen molar-refractivity contribution in [1.29, 1.82) is 0 Å². The number of nitrogens with two attached hydrogens (primary N) is 2. The second-order valence-electron chi connectivity index (χ2n) is 5.36. The Balaban J connectivity index is 1.96. The molecular formula is C15H19N7. The van der Waals surface area contributed by atoms with Crippen LogP contribution in [0.4, 0.5) is 17.5 Å². The van der Waals surface area contributed by atoms with Gasteiger partial charge < -0.3 is 16.8 Å². The van der Waals surface area contributed by atoms with E-state index in [-0.39, 0.29) is 0 Å². The zero-order chi connectivity index (χ0) is 15.7. The minimum Gasteiger partial charge on any atom is -0.381 e. The number of nitrogens with one attached hydrogen (secondary N) is 1. The van der Waals surface area contributed by atoms with Crippen LogP contribution >= 0.6 is 0 Å². The average molecular weight is 297 g/mol. The van der Waals surface area contributed by atoms with E-state index in [2.05, 4.69) is 40.3 Å². The van der Waals surface area contributed by atoms with E-state index in [4.69, 9.17) is 11.5 Å². The third-order valence-corrected chi connectivity index (χ3v) is 3.27. The topological polar surface area (TPSA) is 107 Å². The molecule has 0 fully saturated rings.